The SMILES string of the molecule is NC1=NNN(C2CC2)C(N)=C1N. The van der Waals surface area contributed by atoms with Gasteiger partial charge in [0.25, 0.3) is 0 Å². The van der Waals surface area contributed by atoms with Crippen molar-refractivity contribution in [3.8, 4) is 0 Å². The second-order valence-electron chi connectivity index (χ2n) is 3.00. The molecule has 0 amide bonds. The van der Waals surface area contributed by atoms with Crippen LogP contribution >= 0.6 is 0 Å². The Morgan fingerprint density at radius 2 is 2.00 bits per heavy atom. The van der Waals surface area contributed by atoms with Crippen LogP contribution in [0.5, 0.6) is 0 Å². The maximum absolute atomic E-state index is 5.71. The Labute approximate surface area is 70.0 Å². The molecule has 0 radical (unpaired) electrons. The van der Waals surface area contributed by atoms with Crippen molar-refractivity contribution in [1.29, 1.82) is 0 Å². The largest absolute Gasteiger partial charge is 0.393 e. The van der Waals surface area contributed by atoms with Crippen LogP contribution in [-0.2, 0) is 0 Å². The van der Waals surface area contributed by atoms with Gasteiger partial charge in [-0.25, -0.2) is 5.53 Å². The minimum absolute atomic E-state index is 0.254. The molecule has 7 N–H and O–H groups in total. The van der Waals surface area contributed by atoms with Gasteiger partial charge in [0, 0.05) is 0 Å². The van der Waals surface area contributed by atoms with Crippen molar-refractivity contribution in [2.45, 2.75) is 18.9 Å². The van der Waals surface area contributed by atoms with Crippen LogP contribution < -0.4 is 22.7 Å². The molecule has 0 aromatic rings. The molecule has 6 heteroatoms. The van der Waals surface area contributed by atoms with Crippen molar-refractivity contribution in [2.24, 2.45) is 22.3 Å². The smallest absolute Gasteiger partial charge is 0.172 e. The number of hydrogen-bond acceptors (Lipinski definition) is 6. The van der Waals surface area contributed by atoms with E-state index in [0.29, 0.717) is 17.6 Å². The van der Waals surface area contributed by atoms with E-state index in [9.17, 15) is 0 Å². The highest BCUT2D eigenvalue weighted by molar-refractivity contribution is 5.96. The van der Waals surface area contributed by atoms with Gasteiger partial charge >= 0.3 is 0 Å². The Balaban J connectivity index is 2.22. The van der Waals surface area contributed by atoms with Crippen LogP contribution in [-0.4, -0.2) is 16.9 Å². The first-order valence-electron chi connectivity index (χ1n) is 3.84. The molecule has 1 fully saturated rings. The molecule has 12 heavy (non-hydrogen) atoms. The quantitative estimate of drug-likeness (QED) is 0.374. The Bertz CT molecular complexity index is 263. The lowest BCUT2D eigenvalue weighted by Gasteiger charge is -2.27. The first-order chi connectivity index (χ1) is 5.70. The fourth-order valence-corrected chi connectivity index (χ4v) is 1.09. The lowest BCUT2D eigenvalue weighted by Crippen LogP contribution is -2.47. The molecule has 1 aliphatic heterocycles. The summed E-state index contributed by atoms with van der Waals surface area (Å²) in [6, 6.07) is 0.431. The number of hydrazone groups is 1. The predicted molar refractivity (Wildman–Crippen MR) is 45.0 cm³/mol. The molecule has 1 saturated carbocycles. The summed E-state index contributed by atoms with van der Waals surface area (Å²) >= 11 is 0. The zero-order valence-corrected chi connectivity index (χ0v) is 6.62. The van der Waals surface area contributed by atoms with Crippen LogP contribution in [0.3, 0.4) is 0 Å². The summed E-state index contributed by atoms with van der Waals surface area (Å²) in [6.45, 7) is 0. The van der Waals surface area contributed by atoms with Gasteiger partial charge in [-0.15, -0.1) is 5.10 Å². The standard InChI is InChI=1S/C6H12N6/c7-4-5(8)10-11-12(6(4)9)3-1-2-3/h3,11H,1-2,7,9H2,(H2,8,10). The Morgan fingerprint density at radius 3 is 2.58 bits per heavy atom. The summed E-state index contributed by atoms with van der Waals surface area (Å²) in [6.07, 6.45) is 2.24. The number of rotatable bonds is 1. The van der Waals surface area contributed by atoms with Gasteiger partial charge in [0.15, 0.2) is 5.84 Å². The molecule has 2 aliphatic rings. The van der Waals surface area contributed by atoms with E-state index in [1.165, 1.54) is 0 Å². The van der Waals surface area contributed by atoms with Gasteiger partial charge in [0.05, 0.1) is 6.04 Å². The number of amidine groups is 1. The highest BCUT2D eigenvalue weighted by atomic mass is 15.7. The van der Waals surface area contributed by atoms with Gasteiger partial charge < -0.3 is 17.2 Å². The van der Waals surface area contributed by atoms with Crippen molar-refractivity contribution in [3.05, 3.63) is 11.5 Å². The number of hydrazine groups is 1. The van der Waals surface area contributed by atoms with Crippen LogP contribution in [0.25, 0.3) is 0 Å². The average molecular weight is 168 g/mol. The van der Waals surface area contributed by atoms with E-state index in [1.54, 1.807) is 5.01 Å². The average Bonchev–Trinajstić information content (AvgIpc) is 2.84. The van der Waals surface area contributed by atoms with Crippen molar-refractivity contribution in [3.63, 3.8) is 0 Å². The molecule has 0 bridgehead atoms. The number of nitrogens with two attached hydrogens (primary N) is 3. The van der Waals surface area contributed by atoms with E-state index in [4.69, 9.17) is 17.2 Å². The highest BCUT2D eigenvalue weighted by Crippen LogP contribution is 2.28. The van der Waals surface area contributed by atoms with Gasteiger partial charge in [0.1, 0.15) is 11.5 Å². The van der Waals surface area contributed by atoms with Crippen molar-refractivity contribution in [2.75, 3.05) is 0 Å². The monoisotopic (exact) mass is 168 g/mol. The first kappa shape index (κ1) is 7.08. The molecule has 66 valence electrons. The first-order valence-corrected chi connectivity index (χ1v) is 3.84. The lowest BCUT2D eigenvalue weighted by molar-refractivity contribution is 0.230. The van der Waals surface area contributed by atoms with Crippen LogP contribution in [0.4, 0.5) is 0 Å². The fourth-order valence-electron chi connectivity index (χ4n) is 1.09. The van der Waals surface area contributed by atoms with Gasteiger partial charge in [-0.3, -0.25) is 5.01 Å². The van der Waals surface area contributed by atoms with E-state index in [2.05, 4.69) is 10.6 Å². The number of nitrogens with zero attached hydrogens (tertiary/aromatic N) is 2. The highest BCUT2D eigenvalue weighted by Gasteiger charge is 2.33. The third-order valence-electron chi connectivity index (χ3n) is 2.00. The Hall–Kier alpha value is -1.59. The molecule has 0 saturated heterocycles. The zero-order valence-electron chi connectivity index (χ0n) is 6.62. The molecular formula is C6H12N6. The van der Waals surface area contributed by atoms with Gasteiger partial charge in [-0.05, 0) is 12.8 Å². The molecule has 6 nitrogen and oxygen atoms in total. The van der Waals surface area contributed by atoms with Crippen LogP contribution in [0, 0.1) is 0 Å². The summed E-state index contributed by atoms with van der Waals surface area (Å²) < 4.78 is 0. The second-order valence-corrected chi connectivity index (χ2v) is 3.00. The molecule has 1 heterocycles. The van der Waals surface area contributed by atoms with E-state index >= 15 is 0 Å². The lowest BCUT2D eigenvalue weighted by atomic mass is 10.4. The topological polar surface area (TPSA) is 106 Å². The maximum atomic E-state index is 5.71. The van der Waals surface area contributed by atoms with Gasteiger partial charge in [0.2, 0.25) is 0 Å². The summed E-state index contributed by atoms with van der Waals surface area (Å²) in [5.74, 6) is 0.731. The summed E-state index contributed by atoms with van der Waals surface area (Å²) in [7, 11) is 0. The third kappa shape index (κ3) is 0.919. The normalized spacial score (nSPS) is 23.7. The van der Waals surface area contributed by atoms with Crippen LogP contribution in [0.15, 0.2) is 16.6 Å². The fraction of sp³-hybridized carbons (Fsp3) is 0.500. The van der Waals surface area contributed by atoms with Crippen LogP contribution in [0.2, 0.25) is 0 Å². The van der Waals surface area contributed by atoms with E-state index < -0.39 is 0 Å². The molecule has 2 rings (SSSR count). The second kappa shape index (κ2) is 2.20. The number of nitrogens with one attached hydrogen (secondary N) is 1. The molecule has 0 aromatic carbocycles. The minimum atomic E-state index is 0.254. The van der Waals surface area contributed by atoms with Gasteiger partial charge in [-0.1, -0.05) is 0 Å². The molecular weight excluding hydrogens is 156 g/mol. The van der Waals surface area contributed by atoms with Gasteiger partial charge in [-0.2, -0.15) is 0 Å². The van der Waals surface area contributed by atoms with E-state index in [0.717, 1.165) is 12.8 Å². The summed E-state index contributed by atoms with van der Waals surface area (Å²) in [4.78, 5) is 0. The summed E-state index contributed by atoms with van der Waals surface area (Å²) in [5.41, 5.74) is 19.9. The Kier molecular flexibility index (Phi) is 1.30. The molecule has 0 aromatic heterocycles. The number of hydrogen-bond donors (Lipinski definition) is 4. The van der Waals surface area contributed by atoms with E-state index in [1.807, 2.05) is 0 Å². The van der Waals surface area contributed by atoms with E-state index in [-0.39, 0.29) is 5.84 Å². The van der Waals surface area contributed by atoms with Crippen LogP contribution in [0.1, 0.15) is 12.8 Å². The molecule has 0 atom stereocenters. The third-order valence-corrected chi connectivity index (χ3v) is 2.00. The summed E-state index contributed by atoms with van der Waals surface area (Å²) in [5, 5.41) is 5.57. The Morgan fingerprint density at radius 1 is 1.33 bits per heavy atom. The molecule has 0 spiro atoms. The van der Waals surface area contributed by atoms with Crippen molar-refractivity contribution >= 4 is 5.84 Å². The zero-order chi connectivity index (χ0) is 8.72. The van der Waals surface area contributed by atoms with Crippen molar-refractivity contribution < 1.29 is 0 Å². The molecule has 0 unspecified atom stereocenters. The molecule has 1 aliphatic carbocycles. The van der Waals surface area contributed by atoms with Crippen molar-refractivity contribution in [1.82, 2.24) is 10.5 Å². The maximum Gasteiger partial charge on any atom is 0.172 e. The minimum Gasteiger partial charge on any atom is -0.393 e. The predicted octanol–water partition coefficient (Wildman–Crippen LogP) is -1.67.